The number of para-hydroxylation sites is 1. The minimum absolute atomic E-state index is 0.0171. The van der Waals surface area contributed by atoms with Crippen LogP contribution in [0.2, 0.25) is 5.02 Å². The van der Waals surface area contributed by atoms with Gasteiger partial charge in [-0.2, -0.15) is 13.2 Å². The average molecular weight is 471 g/mol. The third kappa shape index (κ3) is 6.14. The third-order valence-electron chi connectivity index (χ3n) is 4.12. The van der Waals surface area contributed by atoms with Crippen molar-refractivity contribution < 1.29 is 22.7 Å². The van der Waals surface area contributed by atoms with Gasteiger partial charge in [0.2, 0.25) is 5.91 Å². The molecule has 164 valence electrons. The monoisotopic (exact) mass is 470 g/mol. The van der Waals surface area contributed by atoms with Gasteiger partial charge in [-0.3, -0.25) is 4.79 Å². The summed E-state index contributed by atoms with van der Waals surface area (Å²) in [5.74, 6) is 0.693. The van der Waals surface area contributed by atoms with Crippen molar-refractivity contribution >= 4 is 35.0 Å². The van der Waals surface area contributed by atoms with E-state index in [9.17, 15) is 18.0 Å². The van der Waals surface area contributed by atoms with Gasteiger partial charge >= 0.3 is 6.18 Å². The molecule has 0 bridgehead atoms. The van der Waals surface area contributed by atoms with Crippen molar-refractivity contribution in [2.45, 2.75) is 31.4 Å². The Labute approximate surface area is 185 Å². The Morgan fingerprint density at radius 2 is 1.94 bits per heavy atom. The zero-order chi connectivity index (χ0) is 22.4. The second-order valence-corrected chi connectivity index (χ2v) is 7.62. The van der Waals surface area contributed by atoms with Crippen LogP contribution >= 0.6 is 23.4 Å². The first-order valence-corrected chi connectivity index (χ1v) is 10.5. The number of nitrogens with one attached hydrogen (secondary N) is 1. The highest BCUT2D eigenvalue weighted by atomic mass is 35.5. The van der Waals surface area contributed by atoms with E-state index in [2.05, 4.69) is 15.5 Å². The summed E-state index contributed by atoms with van der Waals surface area (Å²) >= 11 is 7.03. The smallest absolute Gasteiger partial charge is 0.416 e. The van der Waals surface area contributed by atoms with E-state index in [1.807, 2.05) is 37.3 Å². The lowest BCUT2D eigenvalue weighted by Gasteiger charge is -2.12. The average Bonchev–Trinajstić information content (AvgIpc) is 3.14. The molecule has 0 radical (unpaired) electrons. The molecule has 2 aromatic carbocycles. The number of alkyl halides is 3. The lowest BCUT2D eigenvalue weighted by atomic mass is 10.2. The van der Waals surface area contributed by atoms with Crippen LogP contribution in [0.3, 0.4) is 0 Å². The lowest BCUT2D eigenvalue weighted by molar-refractivity contribution is -0.137. The Balaban J connectivity index is 1.61. The van der Waals surface area contributed by atoms with E-state index in [0.29, 0.717) is 23.3 Å². The van der Waals surface area contributed by atoms with Crippen molar-refractivity contribution in [3.63, 3.8) is 0 Å². The van der Waals surface area contributed by atoms with Crippen molar-refractivity contribution in [2.24, 2.45) is 0 Å². The van der Waals surface area contributed by atoms with Gasteiger partial charge in [-0.25, -0.2) is 0 Å². The van der Waals surface area contributed by atoms with Crippen molar-refractivity contribution in [3.8, 4) is 5.75 Å². The van der Waals surface area contributed by atoms with E-state index in [1.165, 1.54) is 0 Å². The van der Waals surface area contributed by atoms with Crippen LogP contribution in [-0.2, 0) is 24.1 Å². The van der Waals surface area contributed by atoms with E-state index in [0.717, 1.165) is 30.0 Å². The maximum atomic E-state index is 12.9. The summed E-state index contributed by atoms with van der Waals surface area (Å²) in [4.78, 5) is 12.3. The van der Waals surface area contributed by atoms with Gasteiger partial charge in [-0.1, -0.05) is 41.6 Å². The number of ether oxygens (including phenoxy) is 1. The molecule has 0 aliphatic heterocycles. The number of halogens is 4. The number of thioether (sulfide) groups is 1. The second kappa shape index (κ2) is 10.1. The molecule has 3 aromatic rings. The highest BCUT2D eigenvalue weighted by molar-refractivity contribution is 7.99. The summed E-state index contributed by atoms with van der Waals surface area (Å²) in [5, 5.41) is 11.1. The van der Waals surface area contributed by atoms with Crippen LogP contribution in [0.4, 0.5) is 18.9 Å². The van der Waals surface area contributed by atoms with Crippen molar-refractivity contribution in [2.75, 3.05) is 11.1 Å². The highest BCUT2D eigenvalue weighted by Gasteiger charge is 2.31. The Bertz CT molecular complexity index is 1040. The summed E-state index contributed by atoms with van der Waals surface area (Å²) in [6.45, 7) is 2.67. The molecule has 31 heavy (non-hydrogen) atoms. The van der Waals surface area contributed by atoms with Crippen molar-refractivity contribution in [1.82, 2.24) is 14.8 Å². The topological polar surface area (TPSA) is 69.0 Å². The van der Waals surface area contributed by atoms with Crippen LogP contribution in [0, 0.1) is 0 Å². The molecule has 0 atom stereocenters. The van der Waals surface area contributed by atoms with Crippen molar-refractivity contribution in [1.29, 1.82) is 0 Å². The van der Waals surface area contributed by atoms with Crippen LogP contribution < -0.4 is 10.1 Å². The van der Waals surface area contributed by atoms with Crippen LogP contribution in [0.15, 0.2) is 53.7 Å². The summed E-state index contributed by atoms with van der Waals surface area (Å²) in [6.07, 6.45) is -4.53. The first-order valence-electron chi connectivity index (χ1n) is 9.17. The number of benzene rings is 2. The molecule has 0 aliphatic carbocycles. The number of rotatable bonds is 8. The van der Waals surface area contributed by atoms with Crippen LogP contribution in [0.1, 0.15) is 18.3 Å². The zero-order valence-corrected chi connectivity index (χ0v) is 17.9. The predicted octanol–water partition coefficient (Wildman–Crippen LogP) is 5.28. The maximum absolute atomic E-state index is 12.9. The zero-order valence-electron chi connectivity index (χ0n) is 16.3. The Morgan fingerprint density at radius 3 is 2.61 bits per heavy atom. The molecule has 6 nitrogen and oxygen atoms in total. The molecule has 0 unspecified atom stereocenters. The molecular weight excluding hydrogens is 453 g/mol. The summed E-state index contributed by atoms with van der Waals surface area (Å²) in [7, 11) is 0. The summed E-state index contributed by atoms with van der Waals surface area (Å²) in [6, 6.07) is 12.0. The summed E-state index contributed by atoms with van der Waals surface area (Å²) in [5.41, 5.74) is -0.996. The van der Waals surface area contributed by atoms with Gasteiger partial charge in [0.15, 0.2) is 11.0 Å². The fourth-order valence-electron chi connectivity index (χ4n) is 2.63. The maximum Gasteiger partial charge on any atom is 0.416 e. The predicted molar refractivity (Wildman–Crippen MR) is 112 cm³/mol. The third-order valence-corrected chi connectivity index (χ3v) is 5.42. The largest absolute Gasteiger partial charge is 0.486 e. The number of hydrogen-bond donors (Lipinski definition) is 1. The molecule has 0 aliphatic rings. The molecule has 1 heterocycles. The molecule has 0 spiro atoms. The molecule has 3 rings (SSSR count). The fraction of sp³-hybridized carbons (Fsp3) is 0.250. The number of hydrogen-bond acceptors (Lipinski definition) is 5. The molecule has 0 saturated heterocycles. The quantitative estimate of drug-likeness (QED) is 0.454. The Hall–Kier alpha value is -2.72. The fourth-order valence-corrected chi connectivity index (χ4v) is 3.61. The van der Waals surface area contributed by atoms with Gasteiger partial charge in [0.05, 0.1) is 22.0 Å². The highest BCUT2D eigenvalue weighted by Crippen LogP contribution is 2.34. The number of carbonyl (C=O) groups is 1. The molecule has 0 fully saturated rings. The van der Waals surface area contributed by atoms with Gasteiger partial charge in [-0.05, 0) is 37.3 Å². The van der Waals surface area contributed by atoms with E-state index >= 15 is 0 Å². The van der Waals surface area contributed by atoms with Gasteiger partial charge in [-0.15, -0.1) is 10.2 Å². The van der Waals surface area contributed by atoms with E-state index in [-0.39, 0.29) is 23.1 Å². The Morgan fingerprint density at radius 1 is 1.19 bits per heavy atom. The molecule has 11 heteroatoms. The molecule has 0 saturated carbocycles. The molecule has 1 amide bonds. The minimum atomic E-state index is -4.53. The van der Waals surface area contributed by atoms with Crippen LogP contribution in [-0.4, -0.2) is 26.4 Å². The molecule has 1 aromatic heterocycles. The SMILES string of the molecule is CCn1c(COc2ccccc2)nnc1SCC(=O)Nc1cc(C(F)(F)F)ccc1Cl. The van der Waals surface area contributed by atoms with E-state index in [1.54, 1.807) is 4.57 Å². The van der Waals surface area contributed by atoms with Crippen LogP contribution in [0.25, 0.3) is 0 Å². The number of amides is 1. The standard InChI is InChI=1S/C20H18ClF3N4O2S/c1-2-28-17(11-30-14-6-4-3-5-7-14)26-27-19(28)31-12-18(29)25-16-10-13(20(22,23)24)8-9-15(16)21/h3-10H,2,11-12H2,1H3,(H,25,29). The first kappa shape index (κ1) is 23.0. The lowest BCUT2D eigenvalue weighted by Crippen LogP contribution is -2.16. The first-order chi connectivity index (χ1) is 14.8. The van der Waals surface area contributed by atoms with Gasteiger partial charge < -0.3 is 14.6 Å². The Kier molecular flexibility index (Phi) is 7.45. The normalized spacial score (nSPS) is 11.4. The van der Waals surface area contributed by atoms with Gasteiger partial charge in [0, 0.05) is 6.54 Å². The molecular formula is C20H18ClF3N4O2S. The molecule has 1 N–H and O–H groups in total. The number of anilines is 1. The number of aromatic nitrogens is 3. The second-order valence-electron chi connectivity index (χ2n) is 6.27. The van der Waals surface area contributed by atoms with E-state index in [4.69, 9.17) is 16.3 Å². The van der Waals surface area contributed by atoms with Crippen LogP contribution in [0.5, 0.6) is 5.75 Å². The van der Waals surface area contributed by atoms with Gasteiger partial charge in [0.25, 0.3) is 0 Å². The van der Waals surface area contributed by atoms with E-state index < -0.39 is 17.6 Å². The summed E-state index contributed by atoms with van der Waals surface area (Å²) < 4.78 is 46.1. The van der Waals surface area contributed by atoms with Crippen molar-refractivity contribution in [3.05, 3.63) is 64.9 Å². The number of nitrogens with zero attached hydrogens (tertiary/aromatic N) is 3. The number of carbonyl (C=O) groups excluding carboxylic acids is 1. The van der Waals surface area contributed by atoms with Gasteiger partial charge in [0.1, 0.15) is 12.4 Å². The minimum Gasteiger partial charge on any atom is -0.486 e.